The minimum atomic E-state index is -1.24. The van der Waals surface area contributed by atoms with Gasteiger partial charge in [0.25, 0.3) is 11.8 Å². The molecule has 0 saturated carbocycles. The van der Waals surface area contributed by atoms with E-state index in [1.807, 2.05) is 18.2 Å². The minimum absolute atomic E-state index is 0.0742. The zero-order chi connectivity index (χ0) is 21.1. The number of morpholine rings is 1. The van der Waals surface area contributed by atoms with E-state index in [1.54, 1.807) is 4.90 Å². The van der Waals surface area contributed by atoms with Crippen molar-refractivity contribution in [2.24, 2.45) is 5.73 Å². The molecule has 2 saturated heterocycles. The Balaban J connectivity index is 1.56. The van der Waals surface area contributed by atoms with Gasteiger partial charge < -0.3 is 20.1 Å². The number of nitrogens with zero attached hydrogens (tertiary/aromatic N) is 1. The molecule has 2 amide bonds. The van der Waals surface area contributed by atoms with Crippen molar-refractivity contribution in [1.82, 2.24) is 4.90 Å². The van der Waals surface area contributed by atoms with Crippen LogP contribution in [0, 0.1) is 6.92 Å². The molecule has 6 heteroatoms. The molecule has 0 spiro atoms. The second kappa shape index (κ2) is 8.58. The first-order valence-electron chi connectivity index (χ1n) is 10.5. The summed E-state index contributed by atoms with van der Waals surface area (Å²) in [5.41, 5.74) is 8.88. The average molecular weight is 408 g/mol. The summed E-state index contributed by atoms with van der Waals surface area (Å²) in [6.45, 7) is 3.53. The normalized spacial score (nSPS) is 24.0. The van der Waals surface area contributed by atoms with E-state index in [4.69, 9.17) is 15.2 Å². The quantitative estimate of drug-likeness (QED) is 0.824. The van der Waals surface area contributed by atoms with Crippen molar-refractivity contribution in [2.75, 3.05) is 26.3 Å². The molecule has 2 fully saturated rings. The van der Waals surface area contributed by atoms with Crippen LogP contribution < -0.4 is 5.73 Å². The summed E-state index contributed by atoms with van der Waals surface area (Å²) >= 11 is 0. The lowest BCUT2D eigenvalue weighted by Crippen LogP contribution is -2.62. The molecule has 2 N–H and O–H groups in total. The Morgan fingerprint density at radius 2 is 1.93 bits per heavy atom. The molecule has 2 heterocycles. The van der Waals surface area contributed by atoms with Gasteiger partial charge in [-0.1, -0.05) is 54.1 Å². The fourth-order valence-corrected chi connectivity index (χ4v) is 4.23. The first kappa shape index (κ1) is 20.6. The predicted octanol–water partition coefficient (Wildman–Crippen LogP) is 2.47. The van der Waals surface area contributed by atoms with Crippen LogP contribution in [-0.2, 0) is 25.5 Å². The summed E-state index contributed by atoms with van der Waals surface area (Å²) < 4.78 is 11.5. The van der Waals surface area contributed by atoms with Gasteiger partial charge in [-0.2, -0.15) is 0 Å². The molecule has 2 atom stereocenters. The van der Waals surface area contributed by atoms with Crippen LogP contribution in [0.3, 0.4) is 0 Å². The lowest BCUT2D eigenvalue weighted by atomic mass is 9.90. The molecule has 4 rings (SSSR count). The molecule has 0 bridgehead atoms. The summed E-state index contributed by atoms with van der Waals surface area (Å²) in [5, 5.41) is 0. The highest BCUT2D eigenvalue weighted by atomic mass is 16.5. The smallest absolute Gasteiger partial charge is 0.251 e. The largest absolute Gasteiger partial charge is 0.368 e. The van der Waals surface area contributed by atoms with Crippen LogP contribution in [0.1, 0.15) is 24.0 Å². The maximum absolute atomic E-state index is 12.8. The minimum Gasteiger partial charge on any atom is -0.368 e. The van der Waals surface area contributed by atoms with E-state index in [-0.39, 0.29) is 19.1 Å². The Labute approximate surface area is 177 Å². The maximum atomic E-state index is 12.8. The van der Waals surface area contributed by atoms with Crippen LogP contribution in [0.4, 0.5) is 0 Å². The van der Waals surface area contributed by atoms with Crippen molar-refractivity contribution < 1.29 is 19.1 Å². The molecule has 6 nitrogen and oxygen atoms in total. The molecule has 2 aromatic carbocycles. The van der Waals surface area contributed by atoms with Crippen LogP contribution in [0.5, 0.6) is 0 Å². The van der Waals surface area contributed by atoms with Crippen LogP contribution in [0.2, 0.25) is 0 Å². The Morgan fingerprint density at radius 3 is 2.63 bits per heavy atom. The number of carbonyl (C=O) groups is 2. The topological polar surface area (TPSA) is 81.9 Å². The van der Waals surface area contributed by atoms with E-state index in [1.165, 1.54) is 5.56 Å². The van der Waals surface area contributed by atoms with Gasteiger partial charge in [0.1, 0.15) is 6.10 Å². The lowest BCUT2D eigenvalue weighted by molar-refractivity contribution is -0.167. The predicted molar refractivity (Wildman–Crippen MR) is 114 cm³/mol. The molecule has 2 aliphatic rings. The standard InChI is InChI=1S/C24H28N2O4/c1-17-7-9-19(10-8-17)20-5-2-4-18(14-20)15-24(23(25)28)16-26(11-13-30-24)22(27)21-6-3-12-29-21/h2,4-5,7-10,14,21H,3,6,11-13,15-16H2,1H3,(H2,25,28)/t21-,24+/m1/s1. The van der Waals surface area contributed by atoms with E-state index in [2.05, 4.69) is 37.3 Å². The Hall–Kier alpha value is -2.70. The van der Waals surface area contributed by atoms with Crippen molar-refractivity contribution in [3.05, 3.63) is 59.7 Å². The van der Waals surface area contributed by atoms with Gasteiger partial charge in [-0.25, -0.2) is 0 Å². The van der Waals surface area contributed by atoms with Crippen molar-refractivity contribution >= 4 is 11.8 Å². The molecule has 0 aromatic heterocycles. The van der Waals surface area contributed by atoms with Crippen LogP contribution in [0.25, 0.3) is 11.1 Å². The van der Waals surface area contributed by atoms with Crippen molar-refractivity contribution in [3.8, 4) is 11.1 Å². The second-order valence-corrected chi connectivity index (χ2v) is 8.21. The number of nitrogens with two attached hydrogens (primary N) is 1. The summed E-state index contributed by atoms with van der Waals surface area (Å²) in [4.78, 5) is 27.0. The highest BCUT2D eigenvalue weighted by Crippen LogP contribution is 2.28. The molecule has 2 aliphatic heterocycles. The monoisotopic (exact) mass is 408 g/mol. The molecule has 0 aliphatic carbocycles. The van der Waals surface area contributed by atoms with Crippen LogP contribution in [0.15, 0.2) is 48.5 Å². The number of primary amides is 1. The van der Waals surface area contributed by atoms with Gasteiger partial charge >= 0.3 is 0 Å². The number of amides is 2. The zero-order valence-electron chi connectivity index (χ0n) is 17.3. The van der Waals surface area contributed by atoms with Gasteiger partial charge in [0.05, 0.1) is 13.2 Å². The van der Waals surface area contributed by atoms with Crippen molar-refractivity contribution in [3.63, 3.8) is 0 Å². The third-order valence-corrected chi connectivity index (χ3v) is 5.95. The second-order valence-electron chi connectivity index (χ2n) is 8.21. The zero-order valence-corrected chi connectivity index (χ0v) is 17.3. The van der Waals surface area contributed by atoms with Gasteiger partial charge in [-0.15, -0.1) is 0 Å². The van der Waals surface area contributed by atoms with E-state index < -0.39 is 17.6 Å². The number of aryl methyl sites for hydroxylation is 1. The fourth-order valence-electron chi connectivity index (χ4n) is 4.23. The summed E-state index contributed by atoms with van der Waals surface area (Å²) in [7, 11) is 0. The Bertz CT molecular complexity index is 921. The number of hydrogen-bond donors (Lipinski definition) is 1. The van der Waals surface area contributed by atoms with Gasteiger partial charge in [0, 0.05) is 19.6 Å². The molecule has 0 unspecified atom stereocenters. The number of ether oxygens (including phenoxy) is 2. The summed E-state index contributed by atoms with van der Waals surface area (Å²) in [5.74, 6) is -0.622. The average Bonchev–Trinajstić information content (AvgIpc) is 3.29. The molecule has 30 heavy (non-hydrogen) atoms. The highest BCUT2D eigenvalue weighted by Gasteiger charge is 2.45. The molecular weight excluding hydrogens is 380 g/mol. The van der Waals surface area contributed by atoms with Crippen molar-refractivity contribution in [1.29, 1.82) is 0 Å². The van der Waals surface area contributed by atoms with Crippen LogP contribution in [-0.4, -0.2) is 54.7 Å². The number of rotatable bonds is 5. The van der Waals surface area contributed by atoms with E-state index in [9.17, 15) is 9.59 Å². The molecule has 0 radical (unpaired) electrons. The van der Waals surface area contributed by atoms with Crippen LogP contribution >= 0.6 is 0 Å². The van der Waals surface area contributed by atoms with E-state index in [0.29, 0.717) is 19.6 Å². The summed E-state index contributed by atoms with van der Waals surface area (Å²) in [6.07, 6.45) is 1.50. The first-order chi connectivity index (χ1) is 14.5. The third kappa shape index (κ3) is 4.25. The van der Waals surface area contributed by atoms with Gasteiger partial charge in [0.2, 0.25) is 0 Å². The number of carbonyl (C=O) groups excluding carboxylic acids is 2. The molecule has 158 valence electrons. The maximum Gasteiger partial charge on any atom is 0.251 e. The Kier molecular flexibility index (Phi) is 5.88. The third-order valence-electron chi connectivity index (χ3n) is 5.95. The molecule has 2 aromatic rings. The number of benzene rings is 2. The van der Waals surface area contributed by atoms with E-state index in [0.717, 1.165) is 29.5 Å². The van der Waals surface area contributed by atoms with Gasteiger partial charge in [-0.05, 0) is 36.5 Å². The summed E-state index contributed by atoms with van der Waals surface area (Å²) in [6, 6.07) is 16.3. The Morgan fingerprint density at radius 1 is 1.13 bits per heavy atom. The highest BCUT2D eigenvalue weighted by molar-refractivity contribution is 5.87. The number of hydrogen-bond acceptors (Lipinski definition) is 4. The SMILES string of the molecule is Cc1ccc(-c2cccc(C[C@@]3(C(N)=O)CN(C(=O)[C@H]4CCCO4)CCO3)c2)cc1. The lowest BCUT2D eigenvalue weighted by Gasteiger charge is -2.41. The van der Waals surface area contributed by atoms with E-state index >= 15 is 0 Å². The van der Waals surface area contributed by atoms with Gasteiger partial charge in [0.15, 0.2) is 5.60 Å². The van der Waals surface area contributed by atoms with Gasteiger partial charge in [-0.3, -0.25) is 9.59 Å². The van der Waals surface area contributed by atoms with Crippen molar-refractivity contribution in [2.45, 2.75) is 37.9 Å². The fraction of sp³-hybridized carbons (Fsp3) is 0.417. The molecular formula is C24H28N2O4. The first-order valence-corrected chi connectivity index (χ1v) is 10.5.